The molecule has 3 N–H and O–H groups in total. The Morgan fingerprint density at radius 2 is 1.79 bits per heavy atom. The van der Waals surface area contributed by atoms with Gasteiger partial charge in [0.2, 0.25) is 10.0 Å². The number of nitrogens with two attached hydrogens (primary N) is 1. The molecule has 1 unspecified atom stereocenters. The van der Waals surface area contributed by atoms with E-state index in [-0.39, 0.29) is 12.1 Å². The Morgan fingerprint density at radius 1 is 1.16 bits per heavy atom. The molecule has 2 saturated carbocycles. The van der Waals surface area contributed by atoms with Crippen molar-refractivity contribution < 1.29 is 8.42 Å². The van der Waals surface area contributed by atoms with Crippen LogP contribution in [0.3, 0.4) is 0 Å². The van der Waals surface area contributed by atoms with Gasteiger partial charge in [-0.25, -0.2) is 13.1 Å². The third-order valence-corrected chi connectivity index (χ3v) is 5.37. The summed E-state index contributed by atoms with van der Waals surface area (Å²) in [5.74, 6) is 0.667. The Morgan fingerprint density at radius 3 is 2.32 bits per heavy atom. The summed E-state index contributed by atoms with van der Waals surface area (Å²) in [6.45, 7) is 0. The lowest BCUT2D eigenvalue weighted by Gasteiger charge is -2.11. The molecule has 4 nitrogen and oxygen atoms in total. The van der Waals surface area contributed by atoms with E-state index in [4.69, 9.17) is 5.73 Å². The third kappa shape index (κ3) is 3.35. The van der Waals surface area contributed by atoms with Crippen molar-refractivity contribution in [3.8, 4) is 0 Å². The van der Waals surface area contributed by atoms with Crippen LogP contribution in [0.1, 0.15) is 31.2 Å². The van der Waals surface area contributed by atoms with Gasteiger partial charge in [-0.05, 0) is 55.7 Å². The molecule has 0 spiro atoms. The molecule has 2 fully saturated rings. The summed E-state index contributed by atoms with van der Waals surface area (Å²) < 4.78 is 26.7. The predicted molar refractivity (Wildman–Crippen MR) is 74.2 cm³/mol. The highest BCUT2D eigenvalue weighted by Crippen LogP contribution is 2.33. The van der Waals surface area contributed by atoms with Gasteiger partial charge in [0.25, 0.3) is 0 Å². The molecule has 2 aliphatic rings. The van der Waals surface area contributed by atoms with Gasteiger partial charge in [0.1, 0.15) is 0 Å². The van der Waals surface area contributed by atoms with E-state index in [1.54, 1.807) is 12.1 Å². The summed E-state index contributed by atoms with van der Waals surface area (Å²) in [6.07, 6.45) is 5.21. The van der Waals surface area contributed by atoms with E-state index >= 15 is 0 Å². The first-order valence-corrected chi connectivity index (χ1v) is 8.40. The van der Waals surface area contributed by atoms with Gasteiger partial charge in [-0.3, -0.25) is 0 Å². The van der Waals surface area contributed by atoms with E-state index in [0.29, 0.717) is 10.8 Å². The van der Waals surface area contributed by atoms with Crippen molar-refractivity contribution in [2.75, 3.05) is 0 Å². The molecule has 3 rings (SSSR count). The summed E-state index contributed by atoms with van der Waals surface area (Å²) in [5.41, 5.74) is 7.19. The first-order chi connectivity index (χ1) is 9.04. The summed E-state index contributed by atoms with van der Waals surface area (Å²) >= 11 is 0. The molecule has 0 amide bonds. The lowest BCUT2D eigenvalue weighted by Crippen LogP contribution is -2.26. The van der Waals surface area contributed by atoms with Crippen LogP contribution in [0, 0.1) is 5.92 Å². The SMILES string of the molecule is NC(Cc1ccc(S(=O)(=O)NC2CC2)cc1)C1CC1. The summed E-state index contributed by atoms with van der Waals surface area (Å²) in [5, 5.41) is 0. The quantitative estimate of drug-likeness (QED) is 0.827. The van der Waals surface area contributed by atoms with Crippen LogP contribution in [0.5, 0.6) is 0 Å². The van der Waals surface area contributed by atoms with Gasteiger partial charge in [0, 0.05) is 12.1 Å². The first kappa shape index (κ1) is 13.1. The molecule has 1 aromatic rings. The van der Waals surface area contributed by atoms with Gasteiger partial charge in [0.05, 0.1) is 4.90 Å². The number of hydrogen-bond acceptors (Lipinski definition) is 3. The molecular formula is C14H20N2O2S. The first-order valence-electron chi connectivity index (χ1n) is 6.91. The molecule has 2 aliphatic carbocycles. The minimum atomic E-state index is -3.33. The second kappa shape index (κ2) is 4.89. The molecule has 19 heavy (non-hydrogen) atoms. The fraction of sp³-hybridized carbons (Fsp3) is 0.571. The summed E-state index contributed by atoms with van der Waals surface area (Å²) in [6, 6.07) is 7.48. The maximum Gasteiger partial charge on any atom is 0.240 e. The Bertz CT molecular complexity index is 545. The Hall–Kier alpha value is -0.910. The lowest BCUT2D eigenvalue weighted by atomic mass is 10.0. The molecule has 0 heterocycles. The van der Waals surface area contributed by atoms with Crippen LogP contribution < -0.4 is 10.5 Å². The normalized spacial score (nSPS) is 21.3. The van der Waals surface area contributed by atoms with Crippen molar-refractivity contribution in [3.05, 3.63) is 29.8 Å². The minimum Gasteiger partial charge on any atom is -0.327 e. The van der Waals surface area contributed by atoms with Gasteiger partial charge in [-0.1, -0.05) is 12.1 Å². The molecule has 0 radical (unpaired) electrons. The maximum atomic E-state index is 12.0. The summed E-state index contributed by atoms with van der Waals surface area (Å²) in [7, 11) is -3.33. The third-order valence-electron chi connectivity index (χ3n) is 3.83. The number of benzene rings is 1. The van der Waals surface area contributed by atoms with Crippen molar-refractivity contribution in [2.45, 2.75) is 49.1 Å². The van der Waals surface area contributed by atoms with Crippen LogP contribution in [0.2, 0.25) is 0 Å². The highest BCUT2D eigenvalue weighted by Gasteiger charge is 2.29. The van der Waals surface area contributed by atoms with Gasteiger partial charge in [0.15, 0.2) is 0 Å². The topological polar surface area (TPSA) is 72.2 Å². The molecule has 5 heteroatoms. The van der Waals surface area contributed by atoms with E-state index in [9.17, 15) is 8.42 Å². The molecule has 0 aliphatic heterocycles. The van der Waals surface area contributed by atoms with Gasteiger partial charge >= 0.3 is 0 Å². The fourth-order valence-electron chi connectivity index (χ4n) is 2.26. The molecule has 0 bridgehead atoms. The molecule has 0 saturated heterocycles. The van der Waals surface area contributed by atoms with E-state index in [1.165, 1.54) is 12.8 Å². The van der Waals surface area contributed by atoms with Crippen LogP contribution in [0.15, 0.2) is 29.2 Å². The van der Waals surface area contributed by atoms with Crippen LogP contribution in [-0.2, 0) is 16.4 Å². The molecule has 1 atom stereocenters. The second-order valence-corrected chi connectivity index (χ2v) is 7.46. The van der Waals surface area contributed by atoms with Crippen molar-refractivity contribution in [3.63, 3.8) is 0 Å². The monoisotopic (exact) mass is 280 g/mol. The van der Waals surface area contributed by atoms with Gasteiger partial charge in [-0.2, -0.15) is 0 Å². The summed E-state index contributed by atoms with van der Waals surface area (Å²) in [4.78, 5) is 0.350. The molecule has 0 aromatic heterocycles. The molecule has 1 aromatic carbocycles. The smallest absolute Gasteiger partial charge is 0.240 e. The van der Waals surface area contributed by atoms with Crippen LogP contribution in [0.25, 0.3) is 0 Å². The van der Waals surface area contributed by atoms with Crippen molar-refractivity contribution >= 4 is 10.0 Å². The molecule has 104 valence electrons. The van der Waals surface area contributed by atoms with Gasteiger partial charge in [-0.15, -0.1) is 0 Å². The van der Waals surface area contributed by atoms with Crippen molar-refractivity contribution in [1.29, 1.82) is 0 Å². The number of rotatable bonds is 6. The zero-order valence-electron chi connectivity index (χ0n) is 10.9. The average Bonchev–Trinajstić information content (AvgIpc) is 3.23. The Balaban J connectivity index is 1.67. The average molecular weight is 280 g/mol. The van der Waals surface area contributed by atoms with Crippen LogP contribution >= 0.6 is 0 Å². The maximum absolute atomic E-state index is 12.0. The standard InChI is InChI=1S/C14H20N2O2S/c15-14(11-3-4-11)9-10-1-7-13(8-2-10)19(17,18)16-12-5-6-12/h1-2,7-8,11-12,14,16H,3-6,9,15H2. The van der Waals surface area contributed by atoms with Crippen molar-refractivity contribution in [1.82, 2.24) is 4.72 Å². The Labute approximate surface area is 114 Å². The highest BCUT2D eigenvalue weighted by atomic mass is 32.2. The van der Waals surface area contributed by atoms with E-state index in [0.717, 1.165) is 24.8 Å². The van der Waals surface area contributed by atoms with E-state index in [2.05, 4.69) is 4.72 Å². The van der Waals surface area contributed by atoms with Crippen molar-refractivity contribution in [2.24, 2.45) is 11.7 Å². The lowest BCUT2D eigenvalue weighted by molar-refractivity contribution is 0.580. The number of nitrogens with one attached hydrogen (secondary N) is 1. The minimum absolute atomic E-state index is 0.146. The van der Waals surface area contributed by atoms with Crippen LogP contribution in [-0.4, -0.2) is 20.5 Å². The zero-order valence-corrected chi connectivity index (χ0v) is 11.7. The Kier molecular flexibility index (Phi) is 3.37. The zero-order chi connectivity index (χ0) is 13.5. The number of sulfonamides is 1. The predicted octanol–water partition coefficient (Wildman–Crippen LogP) is 1.41. The highest BCUT2D eigenvalue weighted by molar-refractivity contribution is 7.89. The molecular weight excluding hydrogens is 260 g/mol. The second-order valence-electron chi connectivity index (χ2n) is 5.74. The largest absolute Gasteiger partial charge is 0.327 e. The van der Waals surface area contributed by atoms with Crippen LogP contribution in [0.4, 0.5) is 0 Å². The van der Waals surface area contributed by atoms with Gasteiger partial charge < -0.3 is 5.73 Å². The van der Waals surface area contributed by atoms with E-state index in [1.807, 2.05) is 12.1 Å². The fourth-order valence-corrected chi connectivity index (χ4v) is 3.56. The van der Waals surface area contributed by atoms with E-state index < -0.39 is 10.0 Å². The number of hydrogen-bond donors (Lipinski definition) is 2.